The number of carbonyl (C=O) groups excluding carboxylic acids is 1. The Morgan fingerprint density at radius 1 is 1.39 bits per heavy atom. The summed E-state index contributed by atoms with van der Waals surface area (Å²) in [6.07, 6.45) is 2.21. The molecule has 0 saturated heterocycles. The zero-order chi connectivity index (χ0) is 16.7. The number of H-pyrrole nitrogens is 1. The van der Waals surface area contributed by atoms with Crippen molar-refractivity contribution in [3.05, 3.63) is 57.5 Å². The Balaban J connectivity index is 1.87. The van der Waals surface area contributed by atoms with Crippen molar-refractivity contribution in [3.63, 3.8) is 0 Å². The molecule has 1 heterocycles. The van der Waals surface area contributed by atoms with Crippen LogP contribution in [0.1, 0.15) is 23.7 Å². The van der Waals surface area contributed by atoms with Crippen LogP contribution in [0.3, 0.4) is 0 Å². The number of aryl methyl sites for hydroxylation is 1. The molecule has 23 heavy (non-hydrogen) atoms. The molecule has 0 aliphatic heterocycles. The Bertz CT molecular complexity index is 756. The van der Waals surface area contributed by atoms with E-state index in [-0.39, 0.29) is 17.2 Å². The minimum absolute atomic E-state index is 0.125. The minimum atomic E-state index is -0.262. The highest BCUT2D eigenvalue weighted by molar-refractivity contribution is 7.99. The second-order valence-corrected chi connectivity index (χ2v) is 5.75. The van der Waals surface area contributed by atoms with Crippen LogP contribution in [0.4, 0.5) is 0 Å². The maximum atomic E-state index is 11.8. The van der Waals surface area contributed by atoms with Gasteiger partial charge in [0.25, 0.3) is 11.5 Å². The van der Waals surface area contributed by atoms with Gasteiger partial charge in [-0.25, -0.2) is 10.4 Å². The van der Waals surface area contributed by atoms with Crippen molar-refractivity contribution in [2.75, 3.05) is 5.75 Å². The Hall–Kier alpha value is -2.41. The standard InChI is InChI=1S/C16H18N4O2S/c1-3-13-11(2)18-16(19-15(13)22)23-10-14(21)20-17-9-12-7-5-4-6-8-12/h4-9H,3,10H2,1-2H3,(H,20,21)(H,18,19,22)/b17-9+. The van der Waals surface area contributed by atoms with Crippen LogP contribution in [-0.2, 0) is 11.2 Å². The number of thioether (sulfide) groups is 1. The summed E-state index contributed by atoms with van der Waals surface area (Å²) in [7, 11) is 0. The number of aromatic nitrogens is 2. The van der Waals surface area contributed by atoms with Gasteiger partial charge in [-0.1, -0.05) is 49.0 Å². The van der Waals surface area contributed by atoms with Gasteiger partial charge >= 0.3 is 0 Å². The smallest absolute Gasteiger partial charge is 0.254 e. The number of carbonyl (C=O) groups is 1. The minimum Gasteiger partial charge on any atom is -0.301 e. The van der Waals surface area contributed by atoms with Gasteiger partial charge in [0.2, 0.25) is 0 Å². The van der Waals surface area contributed by atoms with E-state index in [0.717, 1.165) is 5.56 Å². The Labute approximate surface area is 138 Å². The van der Waals surface area contributed by atoms with Crippen LogP contribution in [0.25, 0.3) is 0 Å². The number of amides is 1. The molecule has 1 amide bonds. The molecule has 0 fully saturated rings. The van der Waals surface area contributed by atoms with Crippen molar-refractivity contribution < 1.29 is 4.79 Å². The van der Waals surface area contributed by atoms with Crippen molar-refractivity contribution in [2.45, 2.75) is 25.4 Å². The molecule has 2 aromatic rings. The van der Waals surface area contributed by atoms with Crippen molar-refractivity contribution >= 4 is 23.9 Å². The largest absolute Gasteiger partial charge is 0.301 e. The highest BCUT2D eigenvalue weighted by atomic mass is 32.2. The molecule has 0 aliphatic rings. The van der Waals surface area contributed by atoms with Crippen LogP contribution in [0.5, 0.6) is 0 Å². The summed E-state index contributed by atoms with van der Waals surface area (Å²) in [4.78, 5) is 30.5. The van der Waals surface area contributed by atoms with Crippen molar-refractivity contribution in [1.29, 1.82) is 0 Å². The first-order valence-electron chi connectivity index (χ1n) is 7.19. The summed E-state index contributed by atoms with van der Waals surface area (Å²) in [5, 5.41) is 4.32. The lowest BCUT2D eigenvalue weighted by molar-refractivity contribution is -0.118. The number of benzene rings is 1. The SMILES string of the molecule is CCc1c(C)nc(SCC(=O)N/N=C/c2ccccc2)[nH]c1=O. The summed E-state index contributed by atoms with van der Waals surface area (Å²) in [5.41, 5.74) is 4.56. The molecule has 120 valence electrons. The third-order valence-corrected chi connectivity index (χ3v) is 3.97. The van der Waals surface area contributed by atoms with E-state index < -0.39 is 0 Å². The molecule has 0 atom stereocenters. The molecule has 0 aliphatic carbocycles. The van der Waals surface area contributed by atoms with E-state index in [1.165, 1.54) is 11.8 Å². The van der Waals surface area contributed by atoms with Crippen molar-refractivity contribution in [2.24, 2.45) is 5.10 Å². The quantitative estimate of drug-likeness (QED) is 0.366. The Morgan fingerprint density at radius 3 is 2.78 bits per heavy atom. The third kappa shape index (κ3) is 5.07. The number of rotatable bonds is 6. The highest BCUT2D eigenvalue weighted by Gasteiger charge is 2.08. The van der Waals surface area contributed by atoms with Crippen LogP contribution in [0.15, 0.2) is 45.4 Å². The van der Waals surface area contributed by atoms with Gasteiger partial charge in [-0.05, 0) is 18.9 Å². The first-order valence-corrected chi connectivity index (χ1v) is 8.18. The second-order valence-electron chi connectivity index (χ2n) is 4.78. The summed E-state index contributed by atoms with van der Waals surface area (Å²) < 4.78 is 0. The fourth-order valence-corrected chi connectivity index (χ4v) is 2.65. The molecule has 0 spiro atoms. The predicted octanol–water partition coefficient (Wildman–Crippen LogP) is 1.88. The molecule has 6 nitrogen and oxygen atoms in total. The first-order chi connectivity index (χ1) is 11.1. The normalized spacial score (nSPS) is 10.9. The number of aromatic amines is 1. The van der Waals surface area contributed by atoms with Crippen LogP contribution >= 0.6 is 11.8 Å². The highest BCUT2D eigenvalue weighted by Crippen LogP contribution is 2.12. The lowest BCUT2D eigenvalue weighted by atomic mass is 10.2. The molecule has 1 aromatic heterocycles. The third-order valence-electron chi connectivity index (χ3n) is 3.10. The monoisotopic (exact) mass is 330 g/mol. The molecule has 0 radical (unpaired) electrons. The molecule has 0 saturated carbocycles. The van der Waals surface area contributed by atoms with E-state index >= 15 is 0 Å². The van der Waals surface area contributed by atoms with E-state index in [9.17, 15) is 9.59 Å². The average Bonchev–Trinajstić information content (AvgIpc) is 2.54. The zero-order valence-electron chi connectivity index (χ0n) is 13.0. The van der Waals surface area contributed by atoms with E-state index in [1.807, 2.05) is 37.3 Å². The molecule has 2 rings (SSSR count). The van der Waals surface area contributed by atoms with Crippen LogP contribution in [0, 0.1) is 6.92 Å². The van der Waals surface area contributed by atoms with Crippen LogP contribution < -0.4 is 11.0 Å². The number of nitrogens with zero attached hydrogens (tertiary/aromatic N) is 2. The Kier molecular flexibility index (Phi) is 6.10. The molecule has 1 aromatic carbocycles. The van der Waals surface area contributed by atoms with E-state index in [4.69, 9.17) is 0 Å². The van der Waals surface area contributed by atoms with Gasteiger partial charge in [0.15, 0.2) is 5.16 Å². The van der Waals surface area contributed by atoms with Gasteiger partial charge < -0.3 is 4.98 Å². The predicted molar refractivity (Wildman–Crippen MR) is 91.9 cm³/mol. The topological polar surface area (TPSA) is 87.2 Å². The van der Waals surface area contributed by atoms with Gasteiger partial charge in [-0.2, -0.15) is 5.10 Å². The number of nitrogens with one attached hydrogen (secondary N) is 2. The van der Waals surface area contributed by atoms with E-state index in [2.05, 4.69) is 20.5 Å². The lowest BCUT2D eigenvalue weighted by Gasteiger charge is -2.04. The summed E-state index contributed by atoms with van der Waals surface area (Å²) >= 11 is 1.17. The second kappa shape index (κ2) is 8.28. The van der Waals surface area contributed by atoms with E-state index in [0.29, 0.717) is 22.8 Å². The number of hydrogen-bond donors (Lipinski definition) is 2. The molecule has 7 heteroatoms. The average molecular weight is 330 g/mol. The molecular formula is C16H18N4O2S. The maximum absolute atomic E-state index is 11.8. The van der Waals surface area contributed by atoms with Gasteiger partial charge in [0, 0.05) is 11.3 Å². The van der Waals surface area contributed by atoms with Crippen molar-refractivity contribution in [1.82, 2.24) is 15.4 Å². The van der Waals surface area contributed by atoms with Gasteiger partial charge in [0.05, 0.1) is 12.0 Å². The van der Waals surface area contributed by atoms with Crippen LogP contribution in [0.2, 0.25) is 0 Å². The first kappa shape index (κ1) is 17.0. The lowest BCUT2D eigenvalue weighted by Crippen LogP contribution is -2.21. The Morgan fingerprint density at radius 2 is 2.13 bits per heavy atom. The van der Waals surface area contributed by atoms with Gasteiger partial charge in [-0.3, -0.25) is 9.59 Å². The fraction of sp³-hybridized carbons (Fsp3) is 0.250. The molecule has 0 bridgehead atoms. The number of hydrazone groups is 1. The van der Waals surface area contributed by atoms with E-state index in [1.54, 1.807) is 13.1 Å². The van der Waals surface area contributed by atoms with Gasteiger partial charge in [-0.15, -0.1) is 0 Å². The summed E-state index contributed by atoms with van der Waals surface area (Å²) in [5.74, 6) is -0.137. The van der Waals surface area contributed by atoms with Crippen LogP contribution in [-0.4, -0.2) is 27.8 Å². The van der Waals surface area contributed by atoms with Gasteiger partial charge in [0.1, 0.15) is 0 Å². The van der Waals surface area contributed by atoms with Crippen molar-refractivity contribution in [3.8, 4) is 0 Å². The zero-order valence-corrected chi connectivity index (χ0v) is 13.8. The molecular weight excluding hydrogens is 312 g/mol. The number of hydrogen-bond acceptors (Lipinski definition) is 5. The maximum Gasteiger partial charge on any atom is 0.254 e. The summed E-state index contributed by atoms with van der Waals surface area (Å²) in [6.45, 7) is 3.70. The summed E-state index contributed by atoms with van der Waals surface area (Å²) in [6, 6.07) is 9.47. The fourth-order valence-electron chi connectivity index (χ4n) is 1.95. The molecule has 0 unspecified atom stereocenters. The molecule has 2 N–H and O–H groups in total.